The van der Waals surface area contributed by atoms with Crippen molar-refractivity contribution >= 4 is 11.0 Å². The molecule has 0 amide bonds. The van der Waals surface area contributed by atoms with Gasteiger partial charge in [0.25, 0.3) is 0 Å². The summed E-state index contributed by atoms with van der Waals surface area (Å²) in [6, 6.07) is 15.2. The van der Waals surface area contributed by atoms with Crippen molar-refractivity contribution in [3.8, 4) is 5.75 Å². The number of aryl methyl sites for hydroxylation is 1. The lowest BCUT2D eigenvalue weighted by Crippen LogP contribution is -2.14. The predicted octanol–water partition coefficient (Wildman–Crippen LogP) is 4.74. The van der Waals surface area contributed by atoms with Gasteiger partial charge in [-0.05, 0) is 31.0 Å². The standard InChI is InChI=1S/C20H20O3/c1-3-6-15(14-11-9-13(2)10-12-14)18-19(21)16-7-4-5-8-17(16)23-20(18)22/h4-5,7-12,15,21H,3,6H2,1-2H3. The normalized spacial score (nSPS) is 12.4. The van der Waals surface area contributed by atoms with E-state index < -0.39 is 5.63 Å². The Labute approximate surface area is 135 Å². The number of hydrogen-bond donors (Lipinski definition) is 1. The van der Waals surface area contributed by atoms with Crippen LogP contribution >= 0.6 is 0 Å². The van der Waals surface area contributed by atoms with Crippen molar-refractivity contribution in [2.75, 3.05) is 0 Å². The highest BCUT2D eigenvalue weighted by molar-refractivity contribution is 5.84. The Morgan fingerprint density at radius 2 is 1.78 bits per heavy atom. The van der Waals surface area contributed by atoms with E-state index in [0.717, 1.165) is 18.4 Å². The quantitative estimate of drug-likeness (QED) is 0.708. The monoisotopic (exact) mass is 308 g/mol. The van der Waals surface area contributed by atoms with Crippen LogP contribution in [0.15, 0.2) is 57.7 Å². The lowest BCUT2D eigenvalue weighted by molar-refractivity contribution is 0.448. The van der Waals surface area contributed by atoms with Gasteiger partial charge in [-0.1, -0.05) is 55.3 Å². The summed E-state index contributed by atoms with van der Waals surface area (Å²) >= 11 is 0. The topological polar surface area (TPSA) is 50.4 Å². The van der Waals surface area contributed by atoms with Gasteiger partial charge >= 0.3 is 5.63 Å². The number of benzene rings is 2. The minimum absolute atomic E-state index is 0.0378. The number of para-hydroxylation sites is 1. The summed E-state index contributed by atoms with van der Waals surface area (Å²) in [5.74, 6) is -0.127. The molecule has 118 valence electrons. The highest BCUT2D eigenvalue weighted by atomic mass is 16.4. The van der Waals surface area contributed by atoms with Crippen molar-refractivity contribution in [3.63, 3.8) is 0 Å². The molecule has 0 fully saturated rings. The van der Waals surface area contributed by atoms with Gasteiger partial charge in [0.2, 0.25) is 0 Å². The molecule has 1 heterocycles. The Hall–Kier alpha value is -2.55. The van der Waals surface area contributed by atoms with E-state index in [-0.39, 0.29) is 11.7 Å². The first-order valence-electron chi connectivity index (χ1n) is 7.93. The van der Waals surface area contributed by atoms with Crippen LogP contribution in [0, 0.1) is 6.92 Å². The molecule has 0 aliphatic heterocycles. The van der Waals surface area contributed by atoms with Crippen LogP contribution in [-0.4, -0.2) is 5.11 Å². The van der Waals surface area contributed by atoms with Crippen molar-refractivity contribution in [3.05, 3.63) is 75.6 Å². The summed E-state index contributed by atoms with van der Waals surface area (Å²) in [6.45, 7) is 4.10. The Kier molecular flexibility index (Phi) is 4.20. The molecule has 0 aliphatic rings. The summed E-state index contributed by atoms with van der Waals surface area (Å²) in [4.78, 5) is 12.5. The van der Waals surface area contributed by atoms with E-state index in [2.05, 4.69) is 6.92 Å². The summed E-state index contributed by atoms with van der Waals surface area (Å²) in [6.07, 6.45) is 1.68. The van der Waals surface area contributed by atoms with E-state index in [0.29, 0.717) is 16.5 Å². The molecule has 0 saturated carbocycles. The molecule has 1 unspecified atom stereocenters. The maximum atomic E-state index is 12.5. The van der Waals surface area contributed by atoms with Crippen molar-refractivity contribution in [2.24, 2.45) is 0 Å². The lowest BCUT2D eigenvalue weighted by Gasteiger charge is -2.18. The summed E-state index contributed by atoms with van der Waals surface area (Å²) in [7, 11) is 0. The predicted molar refractivity (Wildman–Crippen MR) is 92.1 cm³/mol. The van der Waals surface area contributed by atoms with Crippen LogP contribution in [0.3, 0.4) is 0 Å². The Bertz CT molecular complexity index is 876. The average Bonchev–Trinajstić information content (AvgIpc) is 2.55. The minimum Gasteiger partial charge on any atom is -0.507 e. The van der Waals surface area contributed by atoms with Crippen molar-refractivity contribution in [2.45, 2.75) is 32.6 Å². The first-order chi connectivity index (χ1) is 11.1. The Morgan fingerprint density at radius 3 is 2.48 bits per heavy atom. The molecule has 3 nitrogen and oxygen atoms in total. The van der Waals surface area contributed by atoms with E-state index in [1.54, 1.807) is 18.2 Å². The molecule has 3 aromatic rings. The highest BCUT2D eigenvalue weighted by Crippen LogP contribution is 2.36. The summed E-state index contributed by atoms with van der Waals surface area (Å²) in [5, 5.41) is 11.3. The fourth-order valence-corrected chi connectivity index (χ4v) is 3.02. The molecule has 0 saturated heterocycles. The maximum absolute atomic E-state index is 12.5. The number of fused-ring (bicyclic) bond motifs is 1. The third kappa shape index (κ3) is 2.87. The second-order valence-electron chi connectivity index (χ2n) is 5.90. The van der Waals surface area contributed by atoms with Crippen LogP contribution in [0.2, 0.25) is 0 Å². The Morgan fingerprint density at radius 1 is 1.09 bits per heavy atom. The lowest BCUT2D eigenvalue weighted by atomic mass is 9.87. The molecule has 0 aliphatic carbocycles. The van der Waals surface area contributed by atoms with Crippen molar-refractivity contribution in [1.29, 1.82) is 0 Å². The van der Waals surface area contributed by atoms with Crippen molar-refractivity contribution in [1.82, 2.24) is 0 Å². The molecular formula is C20H20O3. The molecule has 1 atom stereocenters. The van der Waals surface area contributed by atoms with Gasteiger partial charge in [-0.3, -0.25) is 0 Å². The average molecular weight is 308 g/mol. The molecule has 3 rings (SSSR count). The summed E-state index contributed by atoms with van der Waals surface area (Å²) < 4.78 is 5.43. The van der Waals surface area contributed by atoms with Gasteiger partial charge in [-0.2, -0.15) is 0 Å². The van der Waals surface area contributed by atoms with Gasteiger partial charge in [-0.15, -0.1) is 0 Å². The third-order valence-electron chi connectivity index (χ3n) is 4.23. The largest absolute Gasteiger partial charge is 0.507 e. The molecule has 0 spiro atoms. The van der Waals surface area contributed by atoms with Crippen LogP contribution < -0.4 is 5.63 Å². The van der Waals surface area contributed by atoms with E-state index in [1.165, 1.54) is 5.56 Å². The molecule has 3 heteroatoms. The van der Waals surface area contributed by atoms with E-state index in [1.807, 2.05) is 37.3 Å². The molecular weight excluding hydrogens is 288 g/mol. The van der Waals surface area contributed by atoms with Gasteiger partial charge in [0, 0.05) is 5.92 Å². The van der Waals surface area contributed by atoms with Gasteiger partial charge < -0.3 is 9.52 Å². The molecule has 1 aromatic heterocycles. The Balaban J connectivity index is 2.22. The fourth-order valence-electron chi connectivity index (χ4n) is 3.02. The van der Waals surface area contributed by atoms with Crippen molar-refractivity contribution < 1.29 is 9.52 Å². The summed E-state index contributed by atoms with van der Waals surface area (Å²) in [5.41, 5.74) is 2.50. The first kappa shape index (κ1) is 15.3. The van der Waals surface area contributed by atoms with Gasteiger partial charge in [-0.25, -0.2) is 4.79 Å². The minimum atomic E-state index is -0.458. The van der Waals surface area contributed by atoms with Crippen LogP contribution in [-0.2, 0) is 0 Å². The first-order valence-corrected chi connectivity index (χ1v) is 7.93. The maximum Gasteiger partial charge on any atom is 0.343 e. The van der Waals surface area contributed by atoms with Crippen LogP contribution in [0.4, 0.5) is 0 Å². The number of rotatable bonds is 4. The number of aromatic hydroxyl groups is 1. The third-order valence-corrected chi connectivity index (χ3v) is 4.23. The zero-order valence-electron chi connectivity index (χ0n) is 13.4. The van der Waals surface area contributed by atoms with Gasteiger partial charge in [0.1, 0.15) is 11.3 Å². The number of hydrogen-bond acceptors (Lipinski definition) is 3. The molecule has 2 aromatic carbocycles. The molecule has 23 heavy (non-hydrogen) atoms. The zero-order valence-corrected chi connectivity index (χ0v) is 13.4. The van der Waals surface area contributed by atoms with Gasteiger partial charge in [0.15, 0.2) is 0 Å². The van der Waals surface area contributed by atoms with Gasteiger partial charge in [0.05, 0.1) is 10.9 Å². The van der Waals surface area contributed by atoms with E-state index >= 15 is 0 Å². The second-order valence-corrected chi connectivity index (χ2v) is 5.90. The van der Waals surface area contributed by atoms with E-state index in [9.17, 15) is 9.90 Å². The van der Waals surface area contributed by atoms with Crippen LogP contribution in [0.1, 0.15) is 42.4 Å². The fraction of sp³-hybridized carbons (Fsp3) is 0.250. The molecule has 0 radical (unpaired) electrons. The van der Waals surface area contributed by atoms with E-state index in [4.69, 9.17) is 4.42 Å². The highest BCUT2D eigenvalue weighted by Gasteiger charge is 2.23. The zero-order chi connectivity index (χ0) is 16.4. The SMILES string of the molecule is CCCC(c1ccc(C)cc1)c1c(O)c2ccccc2oc1=O. The molecule has 0 bridgehead atoms. The second kappa shape index (κ2) is 6.29. The molecule has 1 N–H and O–H groups in total. The smallest absolute Gasteiger partial charge is 0.343 e. The van der Waals surface area contributed by atoms with Crippen LogP contribution in [0.5, 0.6) is 5.75 Å². The van der Waals surface area contributed by atoms with Crippen LogP contribution in [0.25, 0.3) is 11.0 Å².